The molecule has 1 rings (SSSR count). The van der Waals surface area contributed by atoms with Gasteiger partial charge >= 0.3 is 0 Å². The topological polar surface area (TPSA) is 35.2 Å². The first-order chi connectivity index (χ1) is 8.15. The fourth-order valence-corrected chi connectivity index (χ4v) is 1.90. The van der Waals surface area contributed by atoms with Crippen LogP contribution in [0.5, 0.6) is 5.75 Å². The molecular formula is C12H15BrFNOS. The molecule has 0 aliphatic rings. The van der Waals surface area contributed by atoms with Gasteiger partial charge in [-0.2, -0.15) is 0 Å². The molecule has 1 aromatic rings. The molecular weight excluding hydrogens is 305 g/mol. The van der Waals surface area contributed by atoms with Crippen molar-refractivity contribution in [3.63, 3.8) is 0 Å². The maximum absolute atomic E-state index is 11.9. The number of nitrogens with two attached hydrogens (primary N) is 1. The Balaban J connectivity index is 2.55. The van der Waals surface area contributed by atoms with Crippen molar-refractivity contribution in [3.8, 4) is 5.75 Å². The van der Waals surface area contributed by atoms with E-state index < -0.39 is 0 Å². The van der Waals surface area contributed by atoms with Gasteiger partial charge in [-0.05, 0) is 37.5 Å². The fourth-order valence-electron chi connectivity index (χ4n) is 1.38. The van der Waals surface area contributed by atoms with Crippen LogP contribution in [0.4, 0.5) is 4.39 Å². The number of thiocarbonyl (C=S) groups is 1. The van der Waals surface area contributed by atoms with Crippen molar-refractivity contribution < 1.29 is 9.13 Å². The SMILES string of the molecule is NC(=S)c1cc(Br)ccc1OCCCCCF. The summed E-state index contributed by atoms with van der Waals surface area (Å²) in [5, 5.41) is 0. The van der Waals surface area contributed by atoms with E-state index in [1.54, 1.807) is 0 Å². The molecule has 5 heteroatoms. The van der Waals surface area contributed by atoms with Crippen LogP contribution in [0.1, 0.15) is 24.8 Å². The molecule has 0 amide bonds. The molecule has 0 aliphatic heterocycles. The molecule has 0 atom stereocenters. The van der Waals surface area contributed by atoms with Crippen LogP contribution < -0.4 is 10.5 Å². The summed E-state index contributed by atoms with van der Waals surface area (Å²) in [5.41, 5.74) is 6.34. The zero-order valence-corrected chi connectivity index (χ0v) is 11.8. The van der Waals surface area contributed by atoms with E-state index in [2.05, 4.69) is 15.9 Å². The Kier molecular flexibility index (Phi) is 6.44. The lowest BCUT2D eigenvalue weighted by Gasteiger charge is -2.10. The summed E-state index contributed by atoms with van der Waals surface area (Å²) < 4.78 is 18.4. The minimum atomic E-state index is -0.267. The van der Waals surface area contributed by atoms with Gasteiger partial charge in [-0.1, -0.05) is 28.1 Å². The highest BCUT2D eigenvalue weighted by Gasteiger charge is 2.07. The molecule has 0 aromatic heterocycles. The first-order valence-corrected chi connectivity index (χ1v) is 6.63. The maximum Gasteiger partial charge on any atom is 0.129 e. The Morgan fingerprint density at radius 2 is 2.12 bits per heavy atom. The minimum absolute atomic E-state index is 0.267. The first kappa shape index (κ1) is 14.4. The number of unbranched alkanes of at least 4 members (excludes halogenated alkanes) is 2. The van der Waals surface area contributed by atoms with E-state index in [-0.39, 0.29) is 6.67 Å². The predicted octanol–water partition coefficient (Wildman–Crippen LogP) is 3.60. The van der Waals surface area contributed by atoms with Gasteiger partial charge in [-0.15, -0.1) is 0 Å². The van der Waals surface area contributed by atoms with Crippen molar-refractivity contribution in [1.82, 2.24) is 0 Å². The highest BCUT2D eigenvalue weighted by atomic mass is 79.9. The van der Waals surface area contributed by atoms with E-state index in [0.29, 0.717) is 23.8 Å². The van der Waals surface area contributed by atoms with Crippen molar-refractivity contribution in [3.05, 3.63) is 28.2 Å². The molecule has 0 fully saturated rings. The third kappa shape index (κ3) is 5.00. The van der Waals surface area contributed by atoms with Gasteiger partial charge < -0.3 is 10.5 Å². The minimum Gasteiger partial charge on any atom is -0.493 e. The number of hydrogen-bond donors (Lipinski definition) is 1. The summed E-state index contributed by atoms with van der Waals surface area (Å²) in [6.45, 7) is 0.285. The van der Waals surface area contributed by atoms with E-state index in [0.717, 1.165) is 22.9 Å². The van der Waals surface area contributed by atoms with Crippen molar-refractivity contribution in [2.75, 3.05) is 13.3 Å². The fraction of sp³-hybridized carbons (Fsp3) is 0.417. The number of halogens is 2. The molecule has 0 radical (unpaired) electrons. The molecule has 1 aromatic carbocycles. The number of ether oxygens (including phenoxy) is 1. The molecule has 0 spiro atoms. The third-order valence-electron chi connectivity index (χ3n) is 2.24. The van der Waals surface area contributed by atoms with E-state index in [9.17, 15) is 4.39 Å². The summed E-state index contributed by atoms with van der Waals surface area (Å²) in [4.78, 5) is 0.310. The van der Waals surface area contributed by atoms with Crippen molar-refractivity contribution in [2.24, 2.45) is 5.73 Å². The smallest absolute Gasteiger partial charge is 0.129 e. The van der Waals surface area contributed by atoms with Crippen molar-refractivity contribution in [1.29, 1.82) is 0 Å². The van der Waals surface area contributed by atoms with Crippen LogP contribution in [0.25, 0.3) is 0 Å². The summed E-state index contributed by atoms with van der Waals surface area (Å²) in [5.74, 6) is 0.681. The zero-order chi connectivity index (χ0) is 12.7. The van der Waals surface area contributed by atoms with Crippen LogP contribution >= 0.6 is 28.1 Å². The average molecular weight is 320 g/mol. The molecule has 94 valence electrons. The van der Waals surface area contributed by atoms with Crippen LogP contribution in [0.3, 0.4) is 0 Å². The second kappa shape index (κ2) is 7.61. The van der Waals surface area contributed by atoms with Gasteiger partial charge in [-0.3, -0.25) is 4.39 Å². The van der Waals surface area contributed by atoms with E-state index >= 15 is 0 Å². The van der Waals surface area contributed by atoms with Crippen LogP contribution in [0.15, 0.2) is 22.7 Å². The van der Waals surface area contributed by atoms with Crippen LogP contribution in [0.2, 0.25) is 0 Å². The molecule has 0 heterocycles. The molecule has 0 bridgehead atoms. The zero-order valence-electron chi connectivity index (χ0n) is 9.42. The lowest BCUT2D eigenvalue weighted by Crippen LogP contribution is -2.12. The molecule has 2 N–H and O–H groups in total. The summed E-state index contributed by atoms with van der Waals surface area (Å²) in [7, 11) is 0. The molecule has 0 aliphatic carbocycles. The quantitative estimate of drug-likeness (QED) is 0.616. The Bertz CT molecular complexity index is 387. The monoisotopic (exact) mass is 319 g/mol. The van der Waals surface area contributed by atoms with Crippen LogP contribution in [0, 0.1) is 0 Å². The molecule has 0 saturated carbocycles. The van der Waals surface area contributed by atoms with Gasteiger partial charge in [0.2, 0.25) is 0 Å². The normalized spacial score (nSPS) is 10.2. The Labute approximate surface area is 114 Å². The molecule has 0 saturated heterocycles. The molecule has 2 nitrogen and oxygen atoms in total. The summed E-state index contributed by atoms with van der Waals surface area (Å²) in [6, 6.07) is 5.53. The highest BCUT2D eigenvalue weighted by Crippen LogP contribution is 2.23. The largest absolute Gasteiger partial charge is 0.493 e. The molecule has 0 unspecified atom stereocenters. The highest BCUT2D eigenvalue weighted by molar-refractivity contribution is 9.10. The first-order valence-electron chi connectivity index (χ1n) is 5.43. The van der Waals surface area contributed by atoms with Crippen molar-refractivity contribution in [2.45, 2.75) is 19.3 Å². The lowest BCUT2D eigenvalue weighted by molar-refractivity contribution is 0.301. The van der Waals surface area contributed by atoms with Gasteiger partial charge in [-0.25, -0.2) is 0 Å². The Morgan fingerprint density at radius 3 is 2.76 bits per heavy atom. The van der Waals surface area contributed by atoms with E-state index in [1.165, 1.54) is 0 Å². The molecule has 17 heavy (non-hydrogen) atoms. The Morgan fingerprint density at radius 1 is 1.35 bits per heavy atom. The predicted molar refractivity (Wildman–Crippen MR) is 75.4 cm³/mol. The second-order valence-corrected chi connectivity index (χ2v) is 4.96. The number of hydrogen-bond acceptors (Lipinski definition) is 2. The maximum atomic E-state index is 11.9. The number of rotatable bonds is 7. The lowest BCUT2D eigenvalue weighted by atomic mass is 10.2. The van der Waals surface area contributed by atoms with Gasteiger partial charge in [0.05, 0.1) is 18.8 Å². The van der Waals surface area contributed by atoms with Crippen LogP contribution in [-0.2, 0) is 0 Å². The second-order valence-electron chi connectivity index (χ2n) is 3.60. The summed E-state index contributed by atoms with van der Waals surface area (Å²) in [6.07, 6.45) is 2.25. The van der Waals surface area contributed by atoms with Gasteiger partial charge in [0.1, 0.15) is 10.7 Å². The van der Waals surface area contributed by atoms with E-state index in [1.807, 2.05) is 18.2 Å². The van der Waals surface area contributed by atoms with Crippen LogP contribution in [-0.4, -0.2) is 18.3 Å². The average Bonchev–Trinajstić information content (AvgIpc) is 2.30. The van der Waals surface area contributed by atoms with Gasteiger partial charge in [0, 0.05) is 4.47 Å². The third-order valence-corrected chi connectivity index (χ3v) is 2.96. The number of alkyl halides is 1. The summed E-state index contributed by atoms with van der Waals surface area (Å²) >= 11 is 8.31. The van der Waals surface area contributed by atoms with E-state index in [4.69, 9.17) is 22.7 Å². The van der Waals surface area contributed by atoms with Crippen molar-refractivity contribution >= 4 is 33.1 Å². The standard InChI is InChI=1S/C12H15BrFNOS/c13-9-4-5-11(10(8-9)12(15)17)16-7-3-1-2-6-14/h4-5,8H,1-3,6-7H2,(H2,15,17). The van der Waals surface area contributed by atoms with Gasteiger partial charge in [0.15, 0.2) is 0 Å². The van der Waals surface area contributed by atoms with Gasteiger partial charge in [0.25, 0.3) is 0 Å². The Hall–Kier alpha value is -0.680. The number of benzene rings is 1.